The van der Waals surface area contributed by atoms with Crippen LogP contribution in [0, 0.1) is 0 Å². The highest BCUT2D eigenvalue weighted by Crippen LogP contribution is 2.29. The number of hydrogen-bond acceptors (Lipinski definition) is 10. The van der Waals surface area contributed by atoms with Crippen molar-refractivity contribution in [2.24, 2.45) is 0 Å². The SMILES string of the molecule is COc1cc(C(=O)NC2CCC2)ccc1Nc1nccc(Nc2c(N3CCOCC3)c(=O)c2=O)n1. The number of rotatable bonds is 8. The highest BCUT2D eigenvalue weighted by atomic mass is 16.5. The van der Waals surface area contributed by atoms with Gasteiger partial charge in [-0.2, -0.15) is 4.98 Å². The molecule has 0 atom stereocenters. The van der Waals surface area contributed by atoms with Crippen LogP contribution in [0.1, 0.15) is 29.6 Å². The predicted octanol–water partition coefficient (Wildman–Crippen LogP) is 1.69. The van der Waals surface area contributed by atoms with Gasteiger partial charge in [-0.3, -0.25) is 14.4 Å². The second-order valence-corrected chi connectivity index (χ2v) is 8.51. The first kappa shape index (κ1) is 22.8. The van der Waals surface area contributed by atoms with E-state index in [-0.39, 0.29) is 23.6 Å². The third-order valence-corrected chi connectivity index (χ3v) is 6.27. The first-order chi connectivity index (χ1) is 17.0. The van der Waals surface area contributed by atoms with Gasteiger partial charge < -0.3 is 30.3 Å². The maximum Gasteiger partial charge on any atom is 0.253 e. The van der Waals surface area contributed by atoms with Gasteiger partial charge in [0.2, 0.25) is 5.95 Å². The molecule has 1 aliphatic carbocycles. The van der Waals surface area contributed by atoms with Gasteiger partial charge in [-0.1, -0.05) is 0 Å². The molecule has 0 unspecified atom stereocenters. The van der Waals surface area contributed by atoms with E-state index in [1.165, 1.54) is 13.3 Å². The van der Waals surface area contributed by atoms with E-state index in [1.807, 2.05) is 4.90 Å². The first-order valence-corrected chi connectivity index (χ1v) is 11.6. The van der Waals surface area contributed by atoms with Crippen molar-refractivity contribution in [1.29, 1.82) is 0 Å². The van der Waals surface area contributed by atoms with Crippen LogP contribution in [-0.4, -0.2) is 55.3 Å². The Bertz CT molecular complexity index is 1310. The van der Waals surface area contributed by atoms with E-state index < -0.39 is 10.9 Å². The number of methoxy groups -OCH3 is 1. The fourth-order valence-electron chi connectivity index (χ4n) is 4.08. The molecular formula is C24H26N6O5. The van der Waals surface area contributed by atoms with Crippen LogP contribution in [0.3, 0.4) is 0 Å². The van der Waals surface area contributed by atoms with Gasteiger partial charge in [-0.05, 0) is 43.5 Å². The summed E-state index contributed by atoms with van der Waals surface area (Å²) in [6, 6.07) is 6.95. The molecular weight excluding hydrogens is 452 g/mol. The minimum Gasteiger partial charge on any atom is -0.495 e. The molecule has 1 amide bonds. The van der Waals surface area contributed by atoms with Crippen molar-refractivity contribution in [3.05, 3.63) is 56.5 Å². The molecule has 5 rings (SSSR count). The van der Waals surface area contributed by atoms with Crippen LogP contribution in [0.5, 0.6) is 5.75 Å². The van der Waals surface area contributed by atoms with Crippen LogP contribution in [0.15, 0.2) is 40.1 Å². The average molecular weight is 479 g/mol. The Kier molecular flexibility index (Phi) is 6.32. The number of nitrogens with one attached hydrogen (secondary N) is 3. The van der Waals surface area contributed by atoms with Gasteiger partial charge in [0.05, 0.1) is 26.0 Å². The van der Waals surface area contributed by atoms with Crippen molar-refractivity contribution in [2.45, 2.75) is 25.3 Å². The van der Waals surface area contributed by atoms with Gasteiger partial charge in [-0.25, -0.2) is 4.98 Å². The molecule has 0 spiro atoms. The maximum absolute atomic E-state index is 12.5. The van der Waals surface area contributed by atoms with E-state index in [4.69, 9.17) is 9.47 Å². The monoisotopic (exact) mass is 478 g/mol. The van der Waals surface area contributed by atoms with Crippen molar-refractivity contribution in [3.63, 3.8) is 0 Å². The molecule has 2 aliphatic rings. The van der Waals surface area contributed by atoms with Gasteiger partial charge in [0, 0.05) is 30.9 Å². The molecule has 3 aromatic rings. The number of carbonyl (C=O) groups is 1. The van der Waals surface area contributed by atoms with Crippen molar-refractivity contribution >= 4 is 34.7 Å². The Labute approximate surface area is 201 Å². The summed E-state index contributed by atoms with van der Waals surface area (Å²) in [6.45, 7) is 2.10. The van der Waals surface area contributed by atoms with Gasteiger partial charge in [0.1, 0.15) is 22.9 Å². The number of nitrogens with zero attached hydrogens (tertiary/aromatic N) is 3. The molecule has 3 N–H and O–H groups in total. The number of benzene rings is 1. The van der Waals surface area contributed by atoms with Crippen LogP contribution < -0.4 is 36.4 Å². The number of carbonyl (C=O) groups excluding carboxylic acids is 1. The number of morpholine rings is 1. The summed E-state index contributed by atoms with van der Waals surface area (Å²) in [5, 5.41) is 9.06. The lowest BCUT2D eigenvalue weighted by molar-refractivity contribution is 0.0916. The number of ether oxygens (including phenoxy) is 2. The fourth-order valence-corrected chi connectivity index (χ4v) is 4.08. The number of anilines is 5. The van der Waals surface area contributed by atoms with Gasteiger partial charge in [0.25, 0.3) is 16.8 Å². The Balaban J connectivity index is 1.31. The lowest BCUT2D eigenvalue weighted by Crippen LogP contribution is -2.46. The minimum absolute atomic E-state index is 0.133. The van der Waals surface area contributed by atoms with Gasteiger partial charge in [0.15, 0.2) is 0 Å². The standard InChI is InChI=1S/C24H26N6O5/c1-34-17-13-14(23(33)26-15-3-2-4-15)5-6-16(17)27-24-25-8-7-18(29-24)28-19-20(22(32)21(19)31)30-9-11-35-12-10-30/h5-8,13,15H,2-4,9-12H2,1H3,(H,26,33)(H2,25,27,28,29). The number of aromatic nitrogens is 2. The largest absolute Gasteiger partial charge is 0.495 e. The predicted molar refractivity (Wildman–Crippen MR) is 131 cm³/mol. The minimum atomic E-state index is -0.572. The molecule has 182 valence electrons. The van der Waals surface area contributed by atoms with Gasteiger partial charge in [-0.15, -0.1) is 0 Å². The Morgan fingerprint density at radius 1 is 1.11 bits per heavy atom. The quantitative estimate of drug-likeness (QED) is 0.411. The fraction of sp³-hybridized carbons (Fsp3) is 0.375. The summed E-state index contributed by atoms with van der Waals surface area (Å²) in [7, 11) is 1.52. The van der Waals surface area contributed by atoms with E-state index in [0.717, 1.165) is 19.3 Å². The highest BCUT2D eigenvalue weighted by molar-refractivity contribution is 5.95. The smallest absolute Gasteiger partial charge is 0.253 e. The molecule has 1 saturated carbocycles. The summed E-state index contributed by atoms with van der Waals surface area (Å²) in [6.07, 6.45) is 4.69. The van der Waals surface area contributed by atoms with E-state index in [2.05, 4.69) is 25.9 Å². The number of amides is 1. The molecule has 0 bridgehead atoms. The molecule has 1 aliphatic heterocycles. The molecule has 1 saturated heterocycles. The van der Waals surface area contributed by atoms with E-state index >= 15 is 0 Å². The molecule has 35 heavy (non-hydrogen) atoms. The van der Waals surface area contributed by atoms with Crippen LogP contribution in [0.2, 0.25) is 0 Å². The zero-order valence-electron chi connectivity index (χ0n) is 19.3. The van der Waals surface area contributed by atoms with Crippen molar-refractivity contribution in [2.75, 3.05) is 48.9 Å². The summed E-state index contributed by atoms with van der Waals surface area (Å²) < 4.78 is 10.8. The zero-order valence-corrected chi connectivity index (χ0v) is 19.3. The van der Waals surface area contributed by atoms with Crippen LogP contribution in [0.4, 0.5) is 28.8 Å². The lowest BCUT2D eigenvalue weighted by atomic mass is 9.93. The zero-order chi connectivity index (χ0) is 24.4. The van der Waals surface area contributed by atoms with E-state index in [0.29, 0.717) is 54.8 Å². The van der Waals surface area contributed by atoms with Crippen molar-refractivity contribution in [3.8, 4) is 5.75 Å². The lowest BCUT2D eigenvalue weighted by Gasteiger charge is -2.30. The summed E-state index contributed by atoms with van der Waals surface area (Å²) in [4.78, 5) is 47.4. The van der Waals surface area contributed by atoms with Gasteiger partial charge >= 0.3 is 0 Å². The van der Waals surface area contributed by atoms with Crippen molar-refractivity contribution in [1.82, 2.24) is 15.3 Å². The highest BCUT2D eigenvalue weighted by Gasteiger charge is 2.27. The average Bonchev–Trinajstić information content (AvgIpc) is 2.86. The second-order valence-electron chi connectivity index (χ2n) is 8.51. The number of hydrogen-bond donors (Lipinski definition) is 3. The molecule has 1 aromatic heterocycles. The molecule has 11 heteroatoms. The topological polar surface area (TPSA) is 135 Å². The summed E-state index contributed by atoms with van der Waals surface area (Å²) >= 11 is 0. The Morgan fingerprint density at radius 2 is 1.91 bits per heavy atom. The molecule has 11 nitrogen and oxygen atoms in total. The summed E-state index contributed by atoms with van der Waals surface area (Å²) in [5.41, 5.74) is 0.592. The molecule has 2 fully saturated rings. The van der Waals surface area contributed by atoms with Crippen LogP contribution in [-0.2, 0) is 4.74 Å². The third kappa shape index (κ3) is 4.67. The molecule has 0 radical (unpaired) electrons. The normalized spacial score (nSPS) is 16.0. The second kappa shape index (κ2) is 9.71. The van der Waals surface area contributed by atoms with Crippen LogP contribution >= 0.6 is 0 Å². The van der Waals surface area contributed by atoms with E-state index in [9.17, 15) is 14.4 Å². The Hall–Kier alpha value is -3.99. The maximum atomic E-state index is 12.5. The molecule has 2 heterocycles. The van der Waals surface area contributed by atoms with E-state index in [1.54, 1.807) is 24.3 Å². The Morgan fingerprint density at radius 3 is 2.63 bits per heavy atom. The van der Waals surface area contributed by atoms with Crippen molar-refractivity contribution < 1.29 is 14.3 Å². The summed E-state index contributed by atoms with van der Waals surface area (Å²) in [5.74, 6) is 0.947. The third-order valence-electron chi connectivity index (χ3n) is 6.27. The first-order valence-electron chi connectivity index (χ1n) is 11.6. The molecule has 2 aromatic carbocycles. The van der Waals surface area contributed by atoms with Crippen LogP contribution in [0.25, 0.3) is 0 Å².